The number of Topliss-reactive ketones (excluding diaryl/α,β-unsaturated/α-hetero) is 1. The normalized spacial score (nSPS) is 29.6. The van der Waals surface area contributed by atoms with Gasteiger partial charge in [0.25, 0.3) is 0 Å². The van der Waals surface area contributed by atoms with Crippen molar-refractivity contribution in [2.24, 2.45) is 23.7 Å². The Labute approximate surface area is 119 Å². The second-order valence-electron chi connectivity index (χ2n) is 5.59. The van der Waals surface area contributed by atoms with Crippen LogP contribution in [0.1, 0.15) is 39.0 Å². The Bertz CT molecular complexity index is 397. The van der Waals surface area contributed by atoms with E-state index in [2.05, 4.69) is 0 Å². The lowest BCUT2D eigenvalue weighted by Crippen LogP contribution is -2.22. The van der Waals surface area contributed by atoms with Crippen LogP contribution >= 0.6 is 0 Å². The molecule has 2 fully saturated rings. The standard InChI is InChI=1S/C15H22O5/c1-3-20-15(18)12-10(11(12)14(17)19-2)13(16)9-7-5-4-6-8-9/h9-12H,3-8H2,1-2H3. The number of ketones is 1. The molecule has 0 aliphatic heterocycles. The summed E-state index contributed by atoms with van der Waals surface area (Å²) in [7, 11) is 1.28. The SMILES string of the molecule is CCOC(=O)C1C(C(=O)OC)C1C(=O)C1CCCCC1. The van der Waals surface area contributed by atoms with Crippen LogP contribution in [0.15, 0.2) is 0 Å². The molecule has 2 aliphatic carbocycles. The molecule has 0 aromatic rings. The molecule has 5 nitrogen and oxygen atoms in total. The summed E-state index contributed by atoms with van der Waals surface area (Å²) >= 11 is 0. The van der Waals surface area contributed by atoms with Crippen molar-refractivity contribution in [3.63, 3.8) is 0 Å². The lowest BCUT2D eigenvalue weighted by atomic mass is 9.84. The molecule has 2 rings (SSSR count). The second-order valence-corrected chi connectivity index (χ2v) is 5.59. The number of hydrogen-bond acceptors (Lipinski definition) is 5. The molecule has 0 saturated heterocycles. The first-order valence-electron chi connectivity index (χ1n) is 7.40. The Morgan fingerprint density at radius 3 is 2.10 bits per heavy atom. The fourth-order valence-electron chi connectivity index (χ4n) is 3.29. The maximum Gasteiger partial charge on any atom is 0.310 e. The Kier molecular flexibility index (Phi) is 4.78. The summed E-state index contributed by atoms with van der Waals surface area (Å²) in [5, 5.41) is 0. The molecular weight excluding hydrogens is 260 g/mol. The van der Waals surface area contributed by atoms with Crippen molar-refractivity contribution >= 4 is 17.7 Å². The molecular formula is C15H22O5. The van der Waals surface area contributed by atoms with E-state index in [1.165, 1.54) is 7.11 Å². The summed E-state index contributed by atoms with van der Waals surface area (Å²) in [6.45, 7) is 1.97. The highest BCUT2D eigenvalue weighted by atomic mass is 16.5. The van der Waals surface area contributed by atoms with Gasteiger partial charge in [0, 0.05) is 11.8 Å². The Morgan fingerprint density at radius 1 is 0.950 bits per heavy atom. The molecule has 0 spiro atoms. The van der Waals surface area contributed by atoms with Crippen LogP contribution in [-0.4, -0.2) is 31.4 Å². The van der Waals surface area contributed by atoms with Crippen LogP contribution in [0.4, 0.5) is 0 Å². The monoisotopic (exact) mass is 282 g/mol. The molecule has 0 amide bonds. The van der Waals surface area contributed by atoms with Gasteiger partial charge in [-0.3, -0.25) is 14.4 Å². The van der Waals surface area contributed by atoms with E-state index in [1.807, 2.05) is 0 Å². The summed E-state index contributed by atoms with van der Waals surface area (Å²) in [6.07, 6.45) is 5.01. The van der Waals surface area contributed by atoms with Crippen molar-refractivity contribution in [2.75, 3.05) is 13.7 Å². The van der Waals surface area contributed by atoms with Crippen LogP contribution in [0.3, 0.4) is 0 Å². The lowest BCUT2D eigenvalue weighted by molar-refractivity contribution is -0.149. The molecule has 112 valence electrons. The zero-order valence-corrected chi connectivity index (χ0v) is 12.1. The third kappa shape index (κ3) is 2.86. The summed E-state index contributed by atoms with van der Waals surface area (Å²) < 4.78 is 9.66. The number of methoxy groups -OCH3 is 1. The van der Waals surface area contributed by atoms with Gasteiger partial charge in [-0.15, -0.1) is 0 Å². The van der Waals surface area contributed by atoms with E-state index in [4.69, 9.17) is 9.47 Å². The fourth-order valence-corrected chi connectivity index (χ4v) is 3.29. The molecule has 0 aromatic heterocycles. The van der Waals surface area contributed by atoms with Crippen molar-refractivity contribution in [2.45, 2.75) is 39.0 Å². The summed E-state index contributed by atoms with van der Waals surface area (Å²) in [4.78, 5) is 36.1. The van der Waals surface area contributed by atoms with Crippen LogP contribution in [0.5, 0.6) is 0 Å². The number of rotatable bonds is 5. The van der Waals surface area contributed by atoms with E-state index in [0.717, 1.165) is 32.1 Å². The first kappa shape index (κ1) is 15.0. The van der Waals surface area contributed by atoms with E-state index in [9.17, 15) is 14.4 Å². The summed E-state index contributed by atoms with van der Waals surface area (Å²) in [5.41, 5.74) is 0. The minimum absolute atomic E-state index is 0.000308. The minimum atomic E-state index is -0.631. The molecule has 5 heteroatoms. The van der Waals surface area contributed by atoms with E-state index >= 15 is 0 Å². The van der Waals surface area contributed by atoms with E-state index in [-0.39, 0.29) is 18.3 Å². The van der Waals surface area contributed by atoms with Gasteiger partial charge in [-0.1, -0.05) is 19.3 Å². The summed E-state index contributed by atoms with van der Waals surface area (Å²) in [5.74, 6) is -2.65. The lowest BCUT2D eigenvalue weighted by Gasteiger charge is -2.20. The average molecular weight is 282 g/mol. The van der Waals surface area contributed by atoms with E-state index in [0.29, 0.717) is 0 Å². The van der Waals surface area contributed by atoms with Crippen LogP contribution in [0.2, 0.25) is 0 Å². The Morgan fingerprint density at radius 2 is 1.55 bits per heavy atom. The molecule has 0 N–H and O–H groups in total. The average Bonchev–Trinajstić information content (AvgIpc) is 3.22. The predicted molar refractivity (Wildman–Crippen MR) is 70.7 cm³/mol. The van der Waals surface area contributed by atoms with Crippen molar-refractivity contribution in [3.05, 3.63) is 0 Å². The fraction of sp³-hybridized carbons (Fsp3) is 0.800. The van der Waals surface area contributed by atoms with Crippen molar-refractivity contribution in [1.82, 2.24) is 0 Å². The molecule has 0 radical (unpaired) electrons. The van der Waals surface area contributed by atoms with Gasteiger partial charge >= 0.3 is 11.9 Å². The zero-order valence-electron chi connectivity index (χ0n) is 12.1. The van der Waals surface area contributed by atoms with Crippen LogP contribution in [0, 0.1) is 23.7 Å². The maximum absolute atomic E-state index is 12.5. The Hall–Kier alpha value is -1.39. The molecule has 2 aliphatic rings. The predicted octanol–water partition coefficient (Wildman–Crippen LogP) is 1.73. The number of carbonyl (C=O) groups excluding carboxylic acids is 3. The maximum atomic E-state index is 12.5. The molecule has 0 bridgehead atoms. The second kappa shape index (κ2) is 6.37. The largest absolute Gasteiger partial charge is 0.469 e. The molecule has 20 heavy (non-hydrogen) atoms. The first-order valence-corrected chi connectivity index (χ1v) is 7.40. The number of ether oxygens (including phenoxy) is 2. The molecule has 0 heterocycles. The molecule has 2 saturated carbocycles. The molecule has 3 atom stereocenters. The zero-order chi connectivity index (χ0) is 14.7. The Balaban J connectivity index is 2.05. The smallest absolute Gasteiger partial charge is 0.310 e. The van der Waals surface area contributed by atoms with E-state index < -0.39 is 29.7 Å². The highest BCUT2D eigenvalue weighted by Crippen LogP contribution is 2.50. The summed E-state index contributed by atoms with van der Waals surface area (Å²) in [6, 6.07) is 0. The van der Waals surface area contributed by atoms with Gasteiger partial charge in [0.05, 0.1) is 25.6 Å². The highest BCUT2D eigenvalue weighted by Gasteiger charge is 2.64. The molecule has 0 aromatic carbocycles. The van der Waals surface area contributed by atoms with Gasteiger partial charge in [-0.05, 0) is 19.8 Å². The number of hydrogen-bond donors (Lipinski definition) is 0. The molecule has 3 unspecified atom stereocenters. The van der Waals surface area contributed by atoms with Crippen molar-refractivity contribution in [3.8, 4) is 0 Å². The van der Waals surface area contributed by atoms with Crippen LogP contribution in [-0.2, 0) is 23.9 Å². The van der Waals surface area contributed by atoms with Crippen molar-refractivity contribution < 1.29 is 23.9 Å². The van der Waals surface area contributed by atoms with Gasteiger partial charge in [0.2, 0.25) is 0 Å². The third-order valence-corrected chi connectivity index (χ3v) is 4.39. The van der Waals surface area contributed by atoms with E-state index in [1.54, 1.807) is 6.92 Å². The van der Waals surface area contributed by atoms with Gasteiger partial charge in [0.15, 0.2) is 0 Å². The van der Waals surface area contributed by atoms with Crippen LogP contribution in [0.25, 0.3) is 0 Å². The quantitative estimate of drug-likeness (QED) is 0.718. The van der Waals surface area contributed by atoms with Crippen molar-refractivity contribution in [1.29, 1.82) is 0 Å². The highest BCUT2D eigenvalue weighted by molar-refractivity contribution is 6.00. The third-order valence-electron chi connectivity index (χ3n) is 4.39. The van der Waals surface area contributed by atoms with Crippen LogP contribution < -0.4 is 0 Å². The number of esters is 2. The van der Waals surface area contributed by atoms with Gasteiger partial charge < -0.3 is 9.47 Å². The topological polar surface area (TPSA) is 69.7 Å². The minimum Gasteiger partial charge on any atom is -0.469 e. The first-order chi connectivity index (χ1) is 9.61. The number of carbonyl (C=O) groups is 3. The van der Waals surface area contributed by atoms with Gasteiger partial charge in [0.1, 0.15) is 5.78 Å². The van der Waals surface area contributed by atoms with Gasteiger partial charge in [-0.2, -0.15) is 0 Å². The van der Waals surface area contributed by atoms with Gasteiger partial charge in [-0.25, -0.2) is 0 Å².